The third-order valence-corrected chi connectivity index (χ3v) is 9.23. The summed E-state index contributed by atoms with van der Waals surface area (Å²) >= 11 is 0. The maximum absolute atomic E-state index is 12.9. The number of unbranched alkanes of at least 4 members (excludes halogenated alkanes) is 1. The van der Waals surface area contributed by atoms with Crippen LogP contribution in [0.15, 0.2) is 23.3 Å². The molecule has 0 aromatic heterocycles. The van der Waals surface area contributed by atoms with E-state index in [1.165, 1.54) is 11.1 Å². The Hall–Kier alpha value is -1.58. The molecular formula is C28H42O4. The molecule has 4 nitrogen and oxygen atoms in total. The van der Waals surface area contributed by atoms with Gasteiger partial charge >= 0.3 is 11.9 Å². The molecule has 4 aliphatic carbocycles. The quantitative estimate of drug-likeness (QED) is 0.219. The lowest BCUT2D eigenvalue weighted by molar-refractivity contribution is -0.157. The van der Waals surface area contributed by atoms with Gasteiger partial charge in [0.05, 0.1) is 24.0 Å². The monoisotopic (exact) mass is 442 g/mol. The van der Waals surface area contributed by atoms with Crippen LogP contribution in [-0.4, -0.2) is 25.2 Å². The van der Waals surface area contributed by atoms with Crippen LogP contribution in [0.25, 0.3) is 0 Å². The van der Waals surface area contributed by atoms with E-state index in [1.54, 1.807) is 0 Å². The molecule has 0 spiro atoms. The van der Waals surface area contributed by atoms with E-state index in [4.69, 9.17) is 9.47 Å². The van der Waals surface area contributed by atoms with Gasteiger partial charge in [-0.3, -0.25) is 9.59 Å². The zero-order valence-electron chi connectivity index (χ0n) is 20.4. The smallest absolute Gasteiger partial charge is 0.312 e. The highest BCUT2D eigenvalue weighted by atomic mass is 16.5. The highest BCUT2D eigenvalue weighted by Gasteiger charge is 2.54. The summed E-state index contributed by atoms with van der Waals surface area (Å²) in [5, 5.41) is 0. The van der Waals surface area contributed by atoms with E-state index in [9.17, 15) is 9.59 Å². The highest BCUT2D eigenvalue weighted by molar-refractivity contribution is 5.79. The topological polar surface area (TPSA) is 52.6 Å². The molecule has 0 radical (unpaired) electrons. The molecule has 0 aliphatic heterocycles. The fraction of sp³-hybridized carbons (Fsp3) is 0.786. The number of fused-ring (bicyclic) bond motifs is 4. The van der Waals surface area contributed by atoms with Gasteiger partial charge in [-0.05, 0) is 102 Å². The Labute approximate surface area is 194 Å². The van der Waals surface area contributed by atoms with Crippen molar-refractivity contribution in [3.05, 3.63) is 23.3 Å². The Morgan fingerprint density at radius 3 is 2.00 bits per heavy atom. The molecule has 178 valence electrons. The summed E-state index contributed by atoms with van der Waals surface area (Å²) in [5.74, 6) is 1.69. The summed E-state index contributed by atoms with van der Waals surface area (Å²) in [6.07, 6.45) is 16.4. The second kappa shape index (κ2) is 9.73. The van der Waals surface area contributed by atoms with Crippen molar-refractivity contribution in [2.24, 2.45) is 28.6 Å². The molecule has 4 aliphatic rings. The summed E-state index contributed by atoms with van der Waals surface area (Å²) < 4.78 is 11.6. The number of ether oxygens (including phenoxy) is 2. The van der Waals surface area contributed by atoms with Crippen molar-refractivity contribution < 1.29 is 19.1 Å². The normalized spacial score (nSPS) is 36.2. The van der Waals surface area contributed by atoms with Crippen LogP contribution in [0, 0.1) is 28.6 Å². The van der Waals surface area contributed by atoms with E-state index >= 15 is 0 Å². The van der Waals surface area contributed by atoms with Crippen LogP contribution in [-0.2, 0) is 19.1 Å². The summed E-state index contributed by atoms with van der Waals surface area (Å²) in [5.41, 5.74) is 2.46. The van der Waals surface area contributed by atoms with Gasteiger partial charge in [0.1, 0.15) is 0 Å². The number of carbonyl (C=O) groups is 2. The fourth-order valence-corrected chi connectivity index (χ4v) is 7.07. The van der Waals surface area contributed by atoms with E-state index in [0.717, 1.165) is 77.0 Å². The molecule has 32 heavy (non-hydrogen) atoms. The Morgan fingerprint density at radius 2 is 1.50 bits per heavy atom. The van der Waals surface area contributed by atoms with Crippen molar-refractivity contribution in [3.8, 4) is 0 Å². The maximum atomic E-state index is 12.9. The molecule has 5 atom stereocenters. The lowest BCUT2D eigenvalue weighted by atomic mass is 9.82. The predicted molar refractivity (Wildman–Crippen MR) is 126 cm³/mol. The predicted octanol–water partition coefficient (Wildman–Crippen LogP) is 6.54. The molecule has 4 fully saturated rings. The van der Waals surface area contributed by atoms with Gasteiger partial charge in [0.25, 0.3) is 0 Å². The van der Waals surface area contributed by atoms with Crippen LogP contribution < -0.4 is 0 Å². The second-order valence-electron chi connectivity index (χ2n) is 11.0. The van der Waals surface area contributed by atoms with E-state index in [-0.39, 0.29) is 22.8 Å². The fourth-order valence-electron chi connectivity index (χ4n) is 7.07. The lowest BCUT2D eigenvalue weighted by Gasteiger charge is -2.26. The average molecular weight is 443 g/mol. The van der Waals surface area contributed by atoms with Crippen molar-refractivity contribution in [1.29, 1.82) is 0 Å². The number of esters is 2. The zero-order chi connectivity index (χ0) is 22.8. The first-order valence-electron chi connectivity index (χ1n) is 13.1. The van der Waals surface area contributed by atoms with Gasteiger partial charge in [-0.15, -0.1) is 0 Å². The van der Waals surface area contributed by atoms with Gasteiger partial charge in [-0.2, -0.15) is 0 Å². The maximum Gasteiger partial charge on any atom is 0.312 e. The summed E-state index contributed by atoms with van der Waals surface area (Å²) in [6, 6.07) is 0. The van der Waals surface area contributed by atoms with Crippen LogP contribution in [0.5, 0.6) is 0 Å². The number of rotatable bonds is 10. The summed E-state index contributed by atoms with van der Waals surface area (Å²) in [4.78, 5) is 25.6. The van der Waals surface area contributed by atoms with Gasteiger partial charge in [0.15, 0.2) is 0 Å². The van der Waals surface area contributed by atoms with E-state index < -0.39 is 0 Å². The number of hydrogen-bond donors (Lipinski definition) is 0. The zero-order valence-corrected chi connectivity index (χ0v) is 20.4. The van der Waals surface area contributed by atoms with Gasteiger partial charge in [-0.25, -0.2) is 0 Å². The third-order valence-electron chi connectivity index (χ3n) is 9.23. The van der Waals surface area contributed by atoms with Crippen LogP contribution in [0.1, 0.15) is 97.8 Å². The van der Waals surface area contributed by atoms with Crippen LogP contribution in [0.4, 0.5) is 0 Å². The molecule has 0 aromatic carbocycles. The first-order valence-corrected chi connectivity index (χ1v) is 13.1. The van der Waals surface area contributed by atoms with Crippen LogP contribution >= 0.6 is 0 Å². The Kier molecular flexibility index (Phi) is 7.17. The van der Waals surface area contributed by atoms with Crippen molar-refractivity contribution in [1.82, 2.24) is 0 Å². The lowest BCUT2D eigenvalue weighted by Crippen LogP contribution is -2.30. The van der Waals surface area contributed by atoms with E-state index in [1.807, 2.05) is 0 Å². The molecular weight excluding hydrogens is 400 g/mol. The van der Waals surface area contributed by atoms with Gasteiger partial charge in [0.2, 0.25) is 0 Å². The average Bonchev–Trinajstić information content (AvgIpc) is 3.59. The van der Waals surface area contributed by atoms with Gasteiger partial charge < -0.3 is 9.47 Å². The SMILES string of the molecule is CC=C1CC2(C(=O)OCCCCC(CC)COC(=O)C34CCC(C3)C(=CC)C4)CCC1C2. The first-order chi connectivity index (χ1) is 15.4. The number of hydrogen-bond acceptors (Lipinski definition) is 4. The van der Waals surface area contributed by atoms with Crippen molar-refractivity contribution in [2.45, 2.75) is 97.8 Å². The molecule has 5 unspecified atom stereocenters. The Morgan fingerprint density at radius 1 is 0.938 bits per heavy atom. The molecule has 0 N–H and O–H groups in total. The molecule has 4 heteroatoms. The minimum Gasteiger partial charge on any atom is -0.465 e. The van der Waals surface area contributed by atoms with Crippen LogP contribution in [0.3, 0.4) is 0 Å². The third kappa shape index (κ3) is 4.43. The molecule has 0 aromatic rings. The van der Waals surface area contributed by atoms with Crippen LogP contribution in [0.2, 0.25) is 0 Å². The summed E-state index contributed by atoms with van der Waals surface area (Å²) in [6.45, 7) is 7.40. The molecule has 4 rings (SSSR count). The minimum absolute atomic E-state index is 0.0315. The second-order valence-corrected chi connectivity index (χ2v) is 11.0. The van der Waals surface area contributed by atoms with E-state index in [0.29, 0.717) is 31.0 Å². The molecule has 0 heterocycles. The molecule has 4 bridgehead atoms. The highest BCUT2D eigenvalue weighted by Crippen LogP contribution is 2.58. The van der Waals surface area contributed by atoms with E-state index in [2.05, 4.69) is 32.9 Å². The first kappa shape index (κ1) is 23.6. The molecule has 0 amide bonds. The standard InChI is InChI=1S/C28H42O4/c1-4-20(19-32-26(30)28-13-11-24(18-28)22(6-3)16-28)9-7-8-14-31-25(29)27-12-10-23(17-27)21(5-2)15-27/h5-6,20,23-24H,4,7-19H2,1-3H3. The van der Waals surface area contributed by atoms with Gasteiger partial charge in [-0.1, -0.05) is 36.6 Å². The van der Waals surface area contributed by atoms with Crippen molar-refractivity contribution in [3.63, 3.8) is 0 Å². The largest absolute Gasteiger partial charge is 0.465 e. The Bertz CT molecular complexity index is 780. The number of allylic oxidation sites excluding steroid dienone is 4. The minimum atomic E-state index is -0.231. The molecule has 4 saturated carbocycles. The molecule has 0 saturated heterocycles. The number of carbonyl (C=O) groups excluding carboxylic acids is 2. The Balaban J connectivity index is 1.14. The van der Waals surface area contributed by atoms with Crippen molar-refractivity contribution >= 4 is 11.9 Å². The summed E-state index contributed by atoms with van der Waals surface area (Å²) in [7, 11) is 0. The van der Waals surface area contributed by atoms with Crippen molar-refractivity contribution in [2.75, 3.05) is 13.2 Å². The van der Waals surface area contributed by atoms with Gasteiger partial charge in [0, 0.05) is 0 Å².